The lowest BCUT2D eigenvalue weighted by molar-refractivity contribution is -0.135. The van der Waals surface area contributed by atoms with Gasteiger partial charge in [-0.3, -0.25) is 4.79 Å². The average molecular weight is 343 g/mol. The Hall–Kier alpha value is -1.12. The number of likely N-dealkylation sites (tertiary alicyclic amines) is 1. The summed E-state index contributed by atoms with van der Waals surface area (Å²) in [6.45, 7) is 0.715. The van der Waals surface area contributed by atoms with E-state index in [2.05, 4.69) is 11.4 Å². The fourth-order valence-electron chi connectivity index (χ4n) is 7.29. The van der Waals surface area contributed by atoms with Crippen LogP contribution in [0.25, 0.3) is 0 Å². The maximum absolute atomic E-state index is 12.7. The first-order valence-corrected chi connectivity index (χ1v) is 10.2. The number of hydrogen-bond donors (Lipinski definition) is 2. The number of carbonyl (C=O) groups excluding carboxylic acids is 1. The summed E-state index contributed by atoms with van der Waals surface area (Å²) in [5.74, 6) is 2.27. The third-order valence-corrected chi connectivity index (χ3v) is 8.07. The second kappa shape index (κ2) is 5.69. The molecule has 5 aliphatic carbocycles. The zero-order valence-electron chi connectivity index (χ0n) is 14.9. The number of fused-ring (bicyclic) bond motifs is 2. The van der Waals surface area contributed by atoms with E-state index in [9.17, 15) is 15.2 Å². The summed E-state index contributed by atoms with van der Waals surface area (Å²) in [4.78, 5) is 14.6. The molecule has 1 heterocycles. The molecule has 0 aromatic carbocycles. The van der Waals surface area contributed by atoms with E-state index in [4.69, 9.17) is 0 Å². The van der Waals surface area contributed by atoms with Crippen LogP contribution in [0.3, 0.4) is 0 Å². The van der Waals surface area contributed by atoms with Crippen LogP contribution in [0.2, 0.25) is 0 Å². The predicted molar refractivity (Wildman–Crippen MR) is 92.3 cm³/mol. The van der Waals surface area contributed by atoms with Gasteiger partial charge in [-0.2, -0.15) is 5.26 Å². The monoisotopic (exact) mass is 343 g/mol. The number of rotatable bonds is 4. The van der Waals surface area contributed by atoms with Crippen LogP contribution in [-0.4, -0.2) is 46.2 Å². The van der Waals surface area contributed by atoms with Gasteiger partial charge in [-0.25, -0.2) is 0 Å². The molecule has 1 amide bonds. The predicted octanol–water partition coefficient (Wildman–Crippen LogP) is 1.81. The summed E-state index contributed by atoms with van der Waals surface area (Å²) < 4.78 is 0. The molecule has 0 aromatic rings. The Kier molecular flexibility index (Phi) is 3.66. The first-order valence-electron chi connectivity index (χ1n) is 10.2. The number of aliphatic hydroxyl groups excluding tert-OH is 1. The minimum atomic E-state index is -0.180. The summed E-state index contributed by atoms with van der Waals surface area (Å²) in [5.41, 5.74) is 0.161. The van der Waals surface area contributed by atoms with Crippen molar-refractivity contribution < 1.29 is 9.90 Å². The van der Waals surface area contributed by atoms with Crippen molar-refractivity contribution in [1.82, 2.24) is 10.2 Å². The van der Waals surface area contributed by atoms with E-state index in [0.29, 0.717) is 36.8 Å². The minimum Gasteiger partial charge on any atom is -0.393 e. The molecule has 5 nitrogen and oxygen atoms in total. The van der Waals surface area contributed by atoms with Crippen LogP contribution in [-0.2, 0) is 4.79 Å². The van der Waals surface area contributed by atoms with Gasteiger partial charge in [0.1, 0.15) is 6.04 Å². The summed E-state index contributed by atoms with van der Waals surface area (Å²) in [6.07, 6.45) is 9.39. The molecule has 136 valence electrons. The maximum Gasteiger partial charge on any atom is 0.225 e. The fourth-order valence-corrected chi connectivity index (χ4v) is 7.29. The van der Waals surface area contributed by atoms with Gasteiger partial charge in [-0.05, 0) is 75.0 Å². The lowest BCUT2D eigenvalue weighted by Crippen LogP contribution is -2.63. The van der Waals surface area contributed by atoms with Crippen molar-refractivity contribution in [2.24, 2.45) is 23.7 Å². The van der Waals surface area contributed by atoms with Crippen LogP contribution in [0.1, 0.15) is 57.8 Å². The van der Waals surface area contributed by atoms with Crippen molar-refractivity contribution in [3.63, 3.8) is 0 Å². The summed E-state index contributed by atoms with van der Waals surface area (Å²) in [7, 11) is 0. The topological polar surface area (TPSA) is 76.4 Å². The van der Waals surface area contributed by atoms with Crippen LogP contribution in [0, 0.1) is 35.0 Å². The van der Waals surface area contributed by atoms with Gasteiger partial charge in [-0.1, -0.05) is 0 Å². The van der Waals surface area contributed by atoms with Gasteiger partial charge >= 0.3 is 0 Å². The third-order valence-electron chi connectivity index (χ3n) is 8.07. The van der Waals surface area contributed by atoms with E-state index < -0.39 is 0 Å². The Bertz CT molecular complexity index is 599. The Balaban J connectivity index is 1.19. The van der Waals surface area contributed by atoms with Gasteiger partial charge in [0.05, 0.1) is 12.2 Å². The molecular weight excluding hydrogens is 314 g/mol. The van der Waals surface area contributed by atoms with E-state index in [1.54, 1.807) is 0 Å². The molecule has 0 radical (unpaired) electrons. The number of carbonyl (C=O) groups is 1. The van der Waals surface area contributed by atoms with Gasteiger partial charge in [0.25, 0.3) is 0 Å². The second-order valence-corrected chi connectivity index (χ2v) is 9.52. The van der Waals surface area contributed by atoms with Crippen LogP contribution < -0.4 is 5.32 Å². The van der Waals surface area contributed by atoms with Gasteiger partial charge < -0.3 is 15.3 Å². The number of amides is 1. The maximum atomic E-state index is 12.7. The molecule has 5 unspecified atom stereocenters. The fraction of sp³-hybridized carbons (Fsp3) is 0.900. The largest absolute Gasteiger partial charge is 0.393 e. The van der Waals surface area contributed by atoms with Gasteiger partial charge in [0, 0.05) is 24.5 Å². The van der Waals surface area contributed by atoms with E-state index in [1.165, 1.54) is 19.3 Å². The van der Waals surface area contributed by atoms with Crippen molar-refractivity contribution in [2.45, 2.75) is 81.5 Å². The number of nitriles is 1. The number of hydrogen-bond acceptors (Lipinski definition) is 4. The zero-order chi connectivity index (χ0) is 17.2. The van der Waals surface area contributed by atoms with Crippen molar-refractivity contribution in [3.05, 3.63) is 0 Å². The van der Waals surface area contributed by atoms with Gasteiger partial charge in [0.15, 0.2) is 0 Å². The minimum absolute atomic E-state index is 0.0929. The molecule has 1 aliphatic heterocycles. The third kappa shape index (κ3) is 2.44. The van der Waals surface area contributed by atoms with E-state index in [0.717, 1.165) is 38.0 Å². The number of piperidine rings is 1. The van der Waals surface area contributed by atoms with Gasteiger partial charge in [-0.15, -0.1) is 0 Å². The lowest BCUT2D eigenvalue weighted by atomic mass is 9.52. The zero-order valence-corrected chi connectivity index (χ0v) is 14.9. The second-order valence-electron chi connectivity index (χ2n) is 9.52. The lowest BCUT2D eigenvalue weighted by Gasteiger charge is -2.59. The molecule has 0 aromatic heterocycles. The van der Waals surface area contributed by atoms with Crippen LogP contribution in [0.15, 0.2) is 0 Å². The molecule has 5 saturated carbocycles. The molecule has 6 bridgehead atoms. The van der Waals surface area contributed by atoms with Crippen LogP contribution in [0.5, 0.6) is 0 Å². The number of nitrogens with one attached hydrogen (secondary N) is 1. The van der Waals surface area contributed by atoms with Crippen molar-refractivity contribution in [3.8, 4) is 6.07 Å². The quantitative estimate of drug-likeness (QED) is 0.816. The molecule has 5 heteroatoms. The smallest absolute Gasteiger partial charge is 0.225 e. The molecule has 25 heavy (non-hydrogen) atoms. The first kappa shape index (κ1) is 16.1. The summed E-state index contributed by atoms with van der Waals surface area (Å²) in [5, 5.41) is 23.6. The van der Waals surface area contributed by atoms with E-state index in [-0.39, 0.29) is 23.6 Å². The van der Waals surface area contributed by atoms with Crippen LogP contribution >= 0.6 is 0 Å². The highest BCUT2D eigenvalue weighted by Crippen LogP contribution is 2.55. The summed E-state index contributed by atoms with van der Waals surface area (Å²) >= 11 is 0. The SMILES string of the molecule is N#CC1C2CCC(C2)N1C(=O)CCNC12CC3CC(C1)C(O)C(C3)C2. The Morgan fingerprint density at radius 1 is 1.16 bits per heavy atom. The van der Waals surface area contributed by atoms with Gasteiger partial charge in [0.2, 0.25) is 5.91 Å². The molecule has 5 atom stereocenters. The highest BCUT2D eigenvalue weighted by molar-refractivity contribution is 5.78. The summed E-state index contributed by atoms with van der Waals surface area (Å²) in [6, 6.07) is 2.51. The first-order chi connectivity index (χ1) is 12.1. The molecule has 0 spiro atoms. The molecule has 2 N–H and O–H groups in total. The molecular formula is C20H29N3O2. The Labute approximate surface area is 149 Å². The van der Waals surface area contributed by atoms with Crippen LogP contribution in [0.4, 0.5) is 0 Å². The standard InChI is InChI=1S/C20H29N3O2/c21-11-17-13-1-2-16(7-13)23(17)18(24)3-4-22-20-8-12-5-14(9-20)19(25)15(6-12)10-20/h12-17,19,22,25H,1-10H2. The van der Waals surface area contributed by atoms with Crippen molar-refractivity contribution in [2.75, 3.05) is 6.54 Å². The Morgan fingerprint density at radius 2 is 1.92 bits per heavy atom. The highest BCUT2D eigenvalue weighted by Gasteiger charge is 2.55. The number of aliphatic hydroxyl groups is 1. The van der Waals surface area contributed by atoms with Crippen molar-refractivity contribution >= 4 is 5.91 Å². The van der Waals surface area contributed by atoms with E-state index in [1.807, 2.05) is 4.90 Å². The molecule has 6 rings (SSSR count). The number of nitrogens with zero attached hydrogens (tertiary/aromatic N) is 2. The molecule has 1 saturated heterocycles. The highest BCUT2D eigenvalue weighted by atomic mass is 16.3. The normalized spacial score (nSPS) is 49.6. The molecule has 6 fully saturated rings. The van der Waals surface area contributed by atoms with Crippen molar-refractivity contribution in [1.29, 1.82) is 5.26 Å². The average Bonchev–Trinajstić information content (AvgIpc) is 3.19. The van der Waals surface area contributed by atoms with E-state index >= 15 is 0 Å². The molecule has 6 aliphatic rings. The Morgan fingerprint density at radius 3 is 2.64 bits per heavy atom.